The van der Waals surface area contributed by atoms with Gasteiger partial charge in [-0.1, -0.05) is 52.3 Å². The van der Waals surface area contributed by atoms with Gasteiger partial charge in [0.2, 0.25) is 0 Å². The second-order valence-corrected chi connectivity index (χ2v) is 5.76. The van der Waals surface area contributed by atoms with Crippen LogP contribution < -0.4 is 5.73 Å². The molecule has 0 saturated carbocycles. The first-order chi connectivity index (χ1) is 9.66. The molecule has 3 heteroatoms. The zero-order valence-electron chi connectivity index (χ0n) is 11.2. The van der Waals surface area contributed by atoms with Crippen molar-refractivity contribution in [1.29, 1.82) is 0 Å². The van der Waals surface area contributed by atoms with E-state index in [4.69, 9.17) is 5.73 Å². The molecule has 2 nitrogen and oxygen atoms in total. The van der Waals surface area contributed by atoms with Crippen LogP contribution in [0.5, 0.6) is 0 Å². The quantitative estimate of drug-likeness (QED) is 0.760. The lowest BCUT2D eigenvalue weighted by atomic mass is 9.96. The van der Waals surface area contributed by atoms with Crippen LogP contribution in [0.3, 0.4) is 0 Å². The molecule has 0 fully saturated rings. The average Bonchev–Trinajstić information content (AvgIpc) is 2.49. The van der Waals surface area contributed by atoms with Gasteiger partial charge in [0.15, 0.2) is 0 Å². The second kappa shape index (κ2) is 5.35. The van der Waals surface area contributed by atoms with Crippen molar-refractivity contribution in [2.24, 2.45) is 5.73 Å². The molecule has 1 unspecified atom stereocenters. The Labute approximate surface area is 126 Å². The van der Waals surface area contributed by atoms with E-state index in [1.165, 1.54) is 5.56 Å². The van der Waals surface area contributed by atoms with Crippen LogP contribution in [-0.4, -0.2) is 4.98 Å². The van der Waals surface area contributed by atoms with Crippen LogP contribution in [0.15, 0.2) is 59.2 Å². The highest BCUT2D eigenvalue weighted by Gasteiger charge is 2.13. The van der Waals surface area contributed by atoms with Gasteiger partial charge in [-0.25, -0.2) is 0 Å². The summed E-state index contributed by atoms with van der Waals surface area (Å²) in [6.07, 6.45) is 1.81. The Bertz CT molecular complexity index is 763. The number of aryl methyl sites for hydroxylation is 1. The zero-order chi connectivity index (χ0) is 14.1. The number of rotatable bonds is 2. The number of para-hydroxylation sites is 1. The largest absolute Gasteiger partial charge is 0.320 e. The van der Waals surface area contributed by atoms with Gasteiger partial charge in [0.05, 0.1) is 11.6 Å². The summed E-state index contributed by atoms with van der Waals surface area (Å²) in [5.74, 6) is 0. The zero-order valence-corrected chi connectivity index (χ0v) is 12.8. The van der Waals surface area contributed by atoms with Crippen molar-refractivity contribution in [2.75, 3.05) is 0 Å². The average molecular weight is 327 g/mol. The van der Waals surface area contributed by atoms with Gasteiger partial charge in [0, 0.05) is 16.1 Å². The lowest BCUT2D eigenvalue weighted by Gasteiger charge is -2.15. The van der Waals surface area contributed by atoms with Gasteiger partial charge in [0.1, 0.15) is 0 Å². The number of nitrogens with zero attached hydrogens (tertiary/aromatic N) is 1. The third kappa shape index (κ3) is 2.35. The topological polar surface area (TPSA) is 38.9 Å². The maximum Gasteiger partial charge on any atom is 0.0753 e. The molecule has 0 aliphatic heterocycles. The van der Waals surface area contributed by atoms with Crippen LogP contribution in [0.2, 0.25) is 0 Å². The fourth-order valence-corrected chi connectivity index (χ4v) is 2.67. The summed E-state index contributed by atoms with van der Waals surface area (Å²) in [4.78, 5) is 4.48. The summed E-state index contributed by atoms with van der Waals surface area (Å²) in [6, 6.07) is 16.2. The molecule has 2 aromatic carbocycles. The van der Waals surface area contributed by atoms with E-state index < -0.39 is 0 Å². The number of nitrogens with two attached hydrogens (primary N) is 1. The van der Waals surface area contributed by atoms with Crippen LogP contribution in [0.25, 0.3) is 10.9 Å². The Morgan fingerprint density at radius 1 is 1.10 bits per heavy atom. The highest BCUT2D eigenvalue weighted by molar-refractivity contribution is 9.10. The SMILES string of the molecule is Cc1cc(C(N)c2cccc3cccnc23)ccc1Br. The highest BCUT2D eigenvalue weighted by Crippen LogP contribution is 2.28. The van der Waals surface area contributed by atoms with Crippen molar-refractivity contribution in [3.05, 3.63) is 75.9 Å². The van der Waals surface area contributed by atoms with E-state index in [-0.39, 0.29) is 6.04 Å². The summed E-state index contributed by atoms with van der Waals surface area (Å²) in [6.45, 7) is 2.07. The molecule has 0 bridgehead atoms. The molecule has 0 spiro atoms. The number of hydrogen-bond donors (Lipinski definition) is 1. The molecular formula is C17H15BrN2. The van der Waals surface area contributed by atoms with E-state index in [0.717, 1.165) is 26.5 Å². The number of halogens is 1. The number of fused-ring (bicyclic) bond motifs is 1. The maximum atomic E-state index is 6.45. The molecule has 100 valence electrons. The van der Waals surface area contributed by atoms with E-state index in [1.54, 1.807) is 0 Å². The predicted molar refractivity (Wildman–Crippen MR) is 86.7 cm³/mol. The minimum Gasteiger partial charge on any atom is -0.320 e. The third-order valence-corrected chi connectivity index (χ3v) is 4.43. The minimum absolute atomic E-state index is 0.166. The highest BCUT2D eigenvalue weighted by atomic mass is 79.9. The molecule has 2 N–H and O–H groups in total. The van der Waals surface area contributed by atoms with Crippen molar-refractivity contribution in [3.8, 4) is 0 Å². The van der Waals surface area contributed by atoms with Crippen LogP contribution in [0, 0.1) is 6.92 Å². The maximum absolute atomic E-state index is 6.45. The summed E-state index contributed by atoms with van der Waals surface area (Å²) in [5, 5.41) is 1.12. The first-order valence-electron chi connectivity index (χ1n) is 6.52. The van der Waals surface area contributed by atoms with Gasteiger partial charge in [-0.3, -0.25) is 4.98 Å². The summed E-state index contributed by atoms with van der Waals surface area (Å²) >= 11 is 3.52. The molecule has 0 radical (unpaired) electrons. The van der Waals surface area contributed by atoms with Gasteiger partial charge in [-0.15, -0.1) is 0 Å². The fraction of sp³-hybridized carbons (Fsp3) is 0.118. The van der Waals surface area contributed by atoms with E-state index in [2.05, 4.69) is 58.2 Å². The van der Waals surface area contributed by atoms with Gasteiger partial charge in [-0.2, -0.15) is 0 Å². The van der Waals surface area contributed by atoms with E-state index in [1.807, 2.05) is 24.4 Å². The molecule has 0 aliphatic rings. The molecule has 0 saturated heterocycles. The van der Waals surface area contributed by atoms with Gasteiger partial charge < -0.3 is 5.73 Å². The molecule has 3 aromatic rings. The van der Waals surface area contributed by atoms with Gasteiger partial charge in [0.25, 0.3) is 0 Å². The monoisotopic (exact) mass is 326 g/mol. The standard InChI is InChI=1S/C17H15BrN2/c1-11-10-13(7-8-15(11)18)16(19)14-6-2-4-12-5-3-9-20-17(12)14/h2-10,16H,19H2,1H3. The Morgan fingerprint density at radius 2 is 1.90 bits per heavy atom. The van der Waals surface area contributed by atoms with E-state index >= 15 is 0 Å². The Balaban J connectivity index is 2.12. The third-order valence-electron chi connectivity index (χ3n) is 3.54. The minimum atomic E-state index is -0.166. The summed E-state index contributed by atoms with van der Waals surface area (Å²) in [5.41, 5.74) is 10.8. The molecule has 3 rings (SSSR count). The van der Waals surface area contributed by atoms with Crippen molar-refractivity contribution in [2.45, 2.75) is 13.0 Å². The van der Waals surface area contributed by atoms with Crippen molar-refractivity contribution in [3.63, 3.8) is 0 Å². The van der Waals surface area contributed by atoms with Crippen LogP contribution >= 0.6 is 15.9 Å². The van der Waals surface area contributed by atoms with Gasteiger partial charge in [-0.05, 0) is 35.7 Å². The Kier molecular flexibility index (Phi) is 3.55. The molecule has 0 amide bonds. The van der Waals surface area contributed by atoms with Crippen LogP contribution in [0.4, 0.5) is 0 Å². The first kappa shape index (κ1) is 13.3. The van der Waals surface area contributed by atoms with E-state index in [9.17, 15) is 0 Å². The second-order valence-electron chi connectivity index (χ2n) is 4.91. The molecule has 1 heterocycles. The lowest BCUT2D eigenvalue weighted by Crippen LogP contribution is -2.13. The Hall–Kier alpha value is -1.71. The van der Waals surface area contributed by atoms with Gasteiger partial charge >= 0.3 is 0 Å². The number of benzene rings is 2. The molecule has 1 aromatic heterocycles. The van der Waals surface area contributed by atoms with Crippen LogP contribution in [0.1, 0.15) is 22.7 Å². The normalized spacial score (nSPS) is 12.6. The van der Waals surface area contributed by atoms with E-state index in [0.29, 0.717) is 0 Å². The summed E-state index contributed by atoms with van der Waals surface area (Å²) in [7, 11) is 0. The van der Waals surface area contributed by atoms with Crippen LogP contribution in [-0.2, 0) is 0 Å². The Morgan fingerprint density at radius 3 is 2.70 bits per heavy atom. The number of pyridine rings is 1. The molecular weight excluding hydrogens is 312 g/mol. The number of aromatic nitrogens is 1. The predicted octanol–water partition coefficient (Wildman–Crippen LogP) is 4.35. The van der Waals surface area contributed by atoms with Crippen molar-refractivity contribution < 1.29 is 0 Å². The van der Waals surface area contributed by atoms with Crippen molar-refractivity contribution >= 4 is 26.8 Å². The molecule has 0 aliphatic carbocycles. The summed E-state index contributed by atoms with van der Waals surface area (Å²) < 4.78 is 1.10. The lowest BCUT2D eigenvalue weighted by molar-refractivity contribution is 0.875. The fourth-order valence-electron chi connectivity index (χ4n) is 2.42. The smallest absolute Gasteiger partial charge is 0.0753 e. The first-order valence-corrected chi connectivity index (χ1v) is 7.31. The molecule has 1 atom stereocenters. The number of hydrogen-bond acceptors (Lipinski definition) is 2. The molecule has 20 heavy (non-hydrogen) atoms. The van der Waals surface area contributed by atoms with Crippen molar-refractivity contribution in [1.82, 2.24) is 4.98 Å².